The summed E-state index contributed by atoms with van der Waals surface area (Å²) < 4.78 is 0. The summed E-state index contributed by atoms with van der Waals surface area (Å²) >= 11 is 0. The Kier molecular flexibility index (Phi) is 4.78. The van der Waals surface area contributed by atoms with Crippen LogP contribution in [-0.4, -0.2) is 39.7 Å². The number of aromatic carboxylic acids is 1. The van der Waals surface area contributed by atoms with Gasteiger partial charge < -0.3 is 10.0 Å². The molecule has 122 valence electrons. The highest BCUT2D eigenvalue weighted by Gasteiger charge is 2.39. The zero-order chi connectivity index (χ0) is 17.1. The van der Waals surface area contributed by atoms with Gasteiger partial charge in [-0.05, 0) is 30.2 Å². The number of hydrogen-bond acceptors (Lipinski definition) is 4. The molecule has 0 spiro atoms. The highest BCUT2D eigenvalue weighted by Crippen LogP contribution is 2.28. The molecule has 0 saturated carbocycles. The van der Waals surface area contributed by atoms with Crippen LogP contribution in [0.5, 0.6) is 0 Å². The molecule has 1 fully saturated rings. The van der Waals surface area contributed by atoms with Gasteiger partial charge in [-0.15, -0.1) is 0 Å². The number of amides is 3. The van der Waals surface area contributed by atoms with E-state index in [-0.39, 0.29) is 36.8 Å². The quantitative estimate of drug-likeness (QED) is 0.797. The van der Waals surface area contributed by atoms with Gasteiger partial charge >= 0.3 is 5.97 Å². The molecule has 7 nitrogen and oxygen atoms in total. The van der Waals surface area contributed by atoms with Crippen molar-refractivity contribution >= 4 is 23.7 Å². The Bertz CT molecular complexity index is 683. The number of carbonyl (C=O) groups is 4. The fraction of sp³-hybridized carbons (Fsp3) is 0.375. The summed E-state index contributed by atoms with van der Waals surface area (Å²) in [7, 11) is 0. The number of benzene rings is 1. The predicted molar refractivity (Wildman–Crippen MR) is 80.8 cm³/mol. The van der Waals surface area contributed by atoms with Gasteiger partial charge in [-0.25, -0.2) is 4.79 Å². The fourth-order valence-electron chi connectivity index (χ4n) is 2.71. The monoisotopic (exact) mass is 318 g/mol. The first kappa shape index (κ1) is 16.7. The number of carbonyl (C=O) groups excluding carboxylic acids is 3. The van der Waals surface area contributed by atoms with E-state index in [4.69, 9.17) is 5.11 Å². The van der Waals surface area contributed by atoms with E-state index in [2.05, 4.69) is 5.32 Å². The normalized spacial score (nSPS) is 19.7. The van der Waals surface area contributed by atoms with E-state index in [0.29, 0.717) is 11.1 Å². The maximum Gasteiger partial charge on any atom is 0.335 e. The lowest BCUT2D eigenvalue weighted by Gasteiger charge is -2.29. The topological polar surface area (TPSA) is 104 Å². The molecule has 0 aliphatic carbocycles. The van der Waals surface area contributed by atoms with E-state index in [0.717, 1.165) is 0 Å². The number of carboxylic acids is 1. The summed E-state index contributed by atoms with van der Waals surface area (Å²) in [5.74, 6) is -2.19. The standard InChI is InChI=1S/C14H12N2O5.C2H6/c17-11-4-3-10(12(18)15-11)16-6-8-5-7(14(20)21)1-2-9(8)13(16)19;1-2/h1-2,5,10H,3-4,6H2,(H,20,21)(H,15,17,18);1-2H3. The molecule has 0 bridgehead atoms. The molecule has 2 aliphatic heterocycles. The third-order valence-electron chi connectivity index (χ3n) is 3.77. The molecular weight excluding hydrogens is 300 g/mol. The van der Waals surface area contributed by atoms with Gasteiger partial charge in [0.2, 0.25) is 11.8 Å². The van der Waals surface area contributed by atoms with Crippen molar-refractivity contribution in [2.45, 2.75) is 39.3 Å². The summed E-state index contributed by atoms with van der Waals surface area (Å²) in [6.45, 7) is 4.18. The van der Waals surface area contributed by atoms with Crippen molar-refractivity contribution < 1.29 is 24.3 Å². The summed E-state index contributed by atoms with van der Waals surface area (Å²) in [6.07, 6.45) is 0.479. The Morgan fingerprint density at radius 2 is 1.96 bits per heavy atom. The third kappa shape index (κ3) is 3.08. The highest BCUT2D eigenvalue weighted by molar-refractivity contribution is 6.05. The molecule has 1 aromatic rings. The van der Waals surface area contributed by atoms with E-state index in [1.165, 1.54) is 23.1 Å². The lowest BCUT2D eigenvalue weighted by atomic mass is 10.0. The van der Waals surface area contributed by atoms with E-state index in [9.17, 15) is 19.2 Å². The number of nitrogens with one attached hydrogen (secondary N) is 1. The van der Waals surface area contributed by atoms with E-state index < -0.39 is 17.9 Å². The zero-order valence-corrected chi connectivity index (χ0v) is 13.0. The average molecular weight is 318 g/mol. The van der Waals surface area contributed by atoms with Crippen LogP contribution in [0.25, 0.3) is 0 Å². The van der Waals surface area contributed by atoms with E-state index in [1.54, 1.807) is 0 Å². The van der Waals surface area contributed by atoms with Crippen LogP contribution in [0, 0.1) is 0 Å². The molecule has 23 heavy (non-hydrogen) atoms. The molecule has 1 unspecified atom stereocenters. The zero-order valence-electron chi connectivity index (χ0n) is 13.0. The molecule has 7 heteroatoms. The van der Waals surface area contributed by atoms with Crippen LogP contribution in [0.4, 0.5) is 0 Å². The largest absolute Gasteiger partial charge is 0.478 e. The Hall–Kier alpha value is -2.70. The maximum absolute atomic E-state index is 12.3. The van der Waals surface area contributed by atoms with E-state index in [1.807, 2.05) is 13.8 Å². The van der Waals surface area contributed by atoms with Crippen molar-refractivity contribution in [2.24, 2.45) is 0 Å². The number of piperidine rings is 1. The molecule has 2 heterocycles. The van der Waals surface area contributed by atoms with Crippen LogP contribution in [0.15, 0.2) is 18.2 Å². The predicted octanol–water partition coefficient (Wildman–Crippen LogP) is 1.17. The number of rotatable bonds is 2. The number of carboxylic acid groups (broad SMARTS) is 1. The number of fused-ring (bicyclic) bond motifs is 1. The number of hydrogen-bond donors (Lipinski definition) is 2. The van der Waals surface area contributed by atoms with Gasteiger partial charge in [0.25, 0.3) is 5.91 Å². The Morgan fingerprint density at radius 1 is 1.26 bits per heavy atom. The minimum atomic E-state index is -1.07. The molecule has 1 aromatic carbocycles. The van der Waals surface area contributed by atoms with Crippen molar-refractivity contribution in [3.63, 3.8) is 0 Å². The third-order valence-corrected chi connectivity index (χ3v) is 3.77. The molecular formula is C16H18N2O5. The number of nitrogens with zero attached hydrogens (tertiary/aromatic N) is 1. The molecule has 3 rings (SSSR count). The Labute approximate surface area is 133 Å². The summed E-state index contributed by atoms with van der Waals surface area (Å²) in [5.41, 5.74) is 1.10. The van der Waals surface area contributed by atoms with Gasteiger partial charge in [0.15, 0.2) is 0 Å². The van der Waals surface area contributed by atoms with Crippen molar-refractivity contribution in [2.75, 3.05) is 0 Å². The SMILES string of the molecule is CC.O=C1CCC(N2Cc3cc(C(=O)O)ccc3C2=O)C(=O)N1. The smallest absolute Gasteiger partial charge is 0.335 e. The molecule has 0 radical (unpaired) electrons. The van der Waals surface area contributed by atoms with Crippen LogP contribution >= 0.6 is 0 Å². The summed E-state index contributed by atoms with van der Waals surface area (Å²) in [5, 5.41) is 11.2. The second kappa shape index (κ2) is 6.60. The van der Waals surface area contributed by atoms with Crippen LogP contribution in [-0.2, 0) is 16.1 Å². The van der Waals surface area contributed by atoms with Gasteiger partial charge in [0.1, 0.15) is 6.04 Å². The maximum atomic E-state index is 12.3. The average Bonchev–Trinajstić information content (AvgIpc) is 2.85. The van der Waals surface area contributed by atoms with Crippen molar-refractivity contribution in [1.29, 1.82) is 0 Å². The van der Waals surface area contributed by atoms with Crippen LogP contribution in [0.1, 0.15) is 53.0 Å². The first-order valence-electron chi connectivity index (χ1n) is 7.48. The molecule has 1 atom stereocenters. The molecule has 2 N–H and O–H groups in total. The fourth-order valence-corrected chi connectivity index (χ4v) is 2.71. The lowest BCUT2D eigenvalue weighted by Crippen LogP contribution is -2.52. The number of imide groups is 1. The van der Waals surface area contributed by atoms with Crippen molar-refractivity contribution in [3.8, 4) is 0 Å². The van der Waals surface area contributed by atoms with Crippen LogP contribution in [0.3, 0.4) is 0 Å². The first-order chi connectivity index (χ1) is 11.0. The second-order valence-corrected chi connectivity index (χ2v) is 5.08. The summed E-state index contributed by atoms with van der Waals surface area (Å²) in [6, 6.07) is 3.59. The minimum absolute atomic E-state index is 0.103. The Balaban J connectivity index is 0.000000924. The lowest BCUT2D eigenvalue weighted by molar-refractivity contribution is -0.136. The van der Waals surface area contributed by atoms with Gasteiger partial charge in [-0.2, -0.15) is 0 Å². The summed E-state index contributed by atoms with van der Waals surface area (Å²) in [4.78, 5) is 47.7. The highest BCUT2D eigenvalue weighted by atomic mass is 16.4. The van der Waals surface area contributed by atoms with Gasteiger partial charge in [0.05, 0.1) is 5.56 Å². The minimum Gasteiger partial charge on any atom is -0.478 e. The van der Waals surface area contributed by atoms with Crippen molar-refractivity contribution in [1.82, 2.24) is 10.2 Å². The van der Waals surface area contributed by atoms with E-state index >= 15 is 0 Å². The van der Waals surface area contributed by atoms with Gasteiger partial charge in [-0.1, -0.05) is 13.8 Å². The van der Waals surface area contributed by atoms with Crippen LogP contribution < -0.4 is 5.32 Å². The molecule has 1 saturated heterocycles. The second-order valence-electron chi connectivity index (χ2n) is 5.08. The molecule has 0 aromatic heterocycles. The van der Waals surface area contributed by atoms with Gasteiger partial charge in [-0.3, -0.25) is 19.7 Å². The first-order valence-corrected chi connectivity index (χ1v) is 7.48. The molecule has 2 aliphatic rings. The molecule has 3 amide bonds. The van der Waals surface area contributed by atoms with Gasteiger partial charge in [0, 0.05) is 18.5 Å². The van der Waals surface area contributed by atoms with Crippen LogP contribution in [0.2, 0.25) is 0 Å². The Morgan fingerprint density at radius 3 is 2.57 bits per heavy atom. The van der Waals surface area contributed by atoms with Crippen molar-refractivity contribution in [3.05, 3.63) is 34.9 Å².